The van der Waals surface area contributed by atoms with Gasteiger partial charge in [-0.1, -0.05) is 55.4 Å². The van der Waals surface area contributed by atoms with E-state index in [1.54, 1.807) is 0 Å². The third-order valence-electron chi connectivity index (χ3n) is 6.36. The van der Waals surface area contributed by atoms with Gasteiger partial charge in [-0.15, -0.1) is 0 Å². The van der Waals surface area contributed by atoms with Gasteiger partial charge in [0.25, 0.3) is 0 Å². The van der Waals surface area contributed by atoms with E-state index in [1.165, 1.54) is 113 Å². The highest BCUT2D eigenvalue weighted by atomic mass is 16.4. The van der Waals surface area contributed by atoms with E-state index in [1.807, 2.05) is 0 Å². The van der Waals surface area contributed by atoms with Crippen molar-refractivity contribution < 1.29 is 28.8 Å². The van der Waals surface area contributed by atoms with Crippen LogP contribution in [0.5, 0.6) is 0 Å². The predicted octanol–water partition coefficient (Wildman–Crippen LogP) is 7.21. The van der Waals surface area contributed by atoms with E-state index >= 15 is 0 Å². The van der Waals surface area contributed by atoms with Crippen molar-refractivity contribution >= 4 is 11.9 Å². The summed E-state index contributed by atoms with van der Waals surface area (Å²) in [5, 5.41) is 16.1. The molecule has 0 unspecified atom stereocenters. The second-order valence-corrected chi connectivity index (χ2v) is 10.1. The van der Waals surface area contributed by atoms with E-state index in [-0.39, 0.29) is 19.3 Å². The maximum absolute atomic E-state index is 9.79. The number of rotatable bonds is 20. The van der Waals surface area contributed by atoms with Crippen LogP contribution in [0.4, 0.5) is 0 Å². The van der Waals surface area contributed by atoms with Crippen LogP contribution in [-0.2, 0) is 9.59 Å². The molecule has 0 aliphatic rings. The molecule has 2 N–H and O–H groups in total. The SMILES string of the molecule is CCC[N+](CCC)(CCC)CCC.CCC[N+](CCC)(CCC)CCC.O=C(O)CCCC(=O)O. The lowest BCUT2D eigenvalue weighted by Gasteiger charge is -2.38. The number of carbonyl (C=O) groups is 2. The highest BCUT2D eigenvalue weighted by molar-refractivity contribution is 5.69. The van der Waals surface area contributed by atoms with Gasteiger partial charge >= 0.3 is 11.9 Å². The van der Waals surface area contributed by atoms with Crippen LogP contribution in [0.1, 0.15) is 126 Å². The summed E-state index contributed by atoms with van der Waals surface area (Å²) < 4.78 is 2.75. The molecule has 0 aromatic rings. The van der Waals surface area contributed by atoms with E-state index < -0.39 is 11.9 Å². The second kappa shape index (κ2) is 25.9. The fraction of sp³-hybridized carbons (Fsp3) is 0.931. The quantitative estimate of drug-likeness (QED) is 0.172. The lowest BCUT2D eigenvalue weighted by Crippen LogP contribution is -2.50. The molecule has 0 bridgehead atoms. The molecule has 0 aliphatic carbocycles. The summed E-state index contributed by atoms with van der Waals surface area (Å²) in [6.07, 6.45) is 10.8. The maximum atomic E-state index is 9.79. The first-order chi connectivity index (χ1) is 16.6. The maximum Gasteiger partial charge on any atom is 0.303 e. The Morgan fingerprint density at radius 1 is 0.429 bits per heavy atom. The molecule has 0 radical (unpaired) electrons. The van der Waals surface area contributed by atoms with Gasteiger partial charge in [0.05, 0.1) is 52.4 Å². The molecule has 0 aromatic heterocycles. The molecule has 0 amide bonds. The summed E-state index contributed by atoms with van der Waals surface area (Å²) in [5.41, 5.74) is 0. The average molecular weight is 505 g/mol. The zero-order valence-corrected chi connectivity index (χ0v) is 25.0. The van der Waals surface area contributed by atoms with E-state index in [0.29, 0.717) is 0 Å². The fourth-order valence-corrected chi connectivity index (χ4v) is 5.53. The molecule has 0 heterocycles. The van der Waals surface area contributed by atoms with E-state index in [4.69, 9.17) is 10.2 Å². The molecule has 0 aromatic carbocycles. The van der Waals surface area contributed by atoms with Crippen molar-refractivity contribution in [3.63, 3.8) is 0 Å². The van der Waals surface area contributed by atoms with Crippen LogP contribution in [0.2, 0.25) is 0 Å². The van der Waals surface area contributed by atoms with Crippen LogP contribution in [0, 0.1) is 0 Å². The van der Waals surface area contributed by atoms with Gasteiger partial charge in [0.15, 0.2) is 0 Å². The predicted molar refractivity (Wildman–Crippen MR) is 151 cm³/mol. The minimum absolute atomic E-state index is 0.0632. The fourth-order valence-electron chi connectivity index (χ4n) is 5.53. The van der Waals surface area contributed by atoms with Gasteiger partial charge in [-0.3, -0.25) is 9.59 Å². The highest BCUT2D eigenvalue weighted by Gasteiger charge is 2.23. The number of aliphatic carboxylic acids is 2. The van der Waals surface area contributed by atoms with Crippen LogP contribution in [0.15, 0.2) is 0 Å². The average Bonchev–Trinajstić information content (AvgIpc) is 2.76. The monoisotopic (exact) mass is 504 g/mol. The lowest BCUT2D eigenvalue weighted by atomic mass is 10.2. The summed E-state index contributed by atoms with van der Waals surface area (Å²) in [4.78, 5) is 19.6. The molecule has 0 atom stereocenters. The molecule has 35 heavy (non-hydrogen) atoms. The number of carboxylic acid groups (broad SMARTS) is 2. The number of hydrogen-bond donors (Lipinski definition) is 2. The summed E-state index contributed by atoms with van der Waals surface area (Å²) in [6, 6.07) is 0. The van der Waals surface area contributed by atoms with Crippen molar-refractivity contribution in [1.29, 1.82) is 0 Å². The van der Waals surface area contributed by atoms with Gasteiger partial charge < -0.3 is 19.2 Å². The Hall–Kier alpha value is -1.14. The zero-order chi connectivity index (χ0) is 27.6. The zero-order valence-electron chi connectivity index (χ0n) is 25.0. The van der Waals surface area contributed by atoms with Crippen LogP contribution in [0.3, 0.4) is 0 Å². The molecule has 0 fully saturated rings. The number of hydrogen-bond acceptors (Lipinski definition) is 2. The molecular formula is C29H64N2O4+2. The standard InChI is InChI=1S/2C12H28N.C5H8O4/c2*1-5-9-13(10-6-2,11-7-3)12-8-4;6-4(7)2-1-3-5(8)9/h2*5-12H2,1-4H3;1-3H2,(H,6,7)(H,8,9)/q2*+1;. The van der Waals surface area contributed by atoms with Crippen LogP contribution in [-0.4, -0.2) is 83.5 Å². The lowest BCUT2D eigenvalue weighted by molar-refractivity contribution is -0.928. The van der Waals surface area contributed by atoms with Gasteiger partial charge in [0, 0.05) is 12.8 Å². The molecule has 0 saturated heterocycles. The first-order valence-electron chi connectivity index (χ1n) is 14.7. The largest absolute Gasteiger partial charge is 0.481 e. The number of quaternary nitrogens is 2. The van der Waals surface area contributed by atoms with Crippen molar-refractivity contribution in [3.8, 4) is 0 Å². The van der Waals surface area contributed by atoms with Gasteiger partial charge in [-0.25, -0.2) is 0 Å². The first-order valence-corrected chi connectivity index (χ1v) is 14.7. The number of nitrogens with zero attached hydrogens (tertiary/aromatic N) is 2. The Balaban J connectivity index is -0.000000448. The topological polar surface area (TPSA) is 74.6 Å². The first kappa shape index (κ1) is 38.4. The summed E-state index contributed by atoms with van der Waals surface area (Å²) in [6.45, 7) is 29.6. The Bertz CT molecular complexity index is 382. The van der Waals surface area contributed by atoms with Crippen molar-refractivity contribution in [2.24, 2.45) is 0 Å². The summed E-state index contributed by atoms with van der Waals surface area (Å²) >= 11 is 0. The Morgan fingerprint density at radius 2 is 0.600 bits per heavy atom. The van der Waals surface area contributed by atoms with Crippen molar-refractivity contribution in [2.75, 3.05) is 52.4 Å². The minimum atomic E-state index is -0.948. The second-order valence-electron chi connectivity index (χ2n) is 10.1. The van der Waals surface area contributed by atoms with Gasteiger partial charge in [-0.05, 0) is 57.8 Å². The van der Waals surface area contributed by atoms with E-state index in [0.717, 1.165) is 0 Å². The minimum Gasteiger partial charge on any atom is -0.481 e. The molecule has 0 spiro atoms. The molecular weight excluding hydrogens is 440 g/mol. The smallest absolute Gasteiger partial charge is 0.303 e. The molecule has 0 aliphatic heterocycles. The summed E-state index contributed by atoms with van der Waals surface area (Å²) in [7, 11) is 0. The molecule has 0 rings (SSSR count). The van der Waals surface area contributed by atoms with Gasteiger partial charge in [0.2, 0.25) is 0 Å². The van der Waals surface area contributed by atoms with Crippen molar-refractivity contribution in [1.82, 2.24) is 0 Å². The van der Waals surface area contributed by atoms with Crippen LogP contribution < -0.4 is 0 Å². The Labute approximate surface area is 219 Å². The van der Waals surface area contributed by atoms with Gasteiger partial charge in [0.1, 0.15) is 0 Å². The molecule has 0 saturated carbocycles. The highest BCUT2D eigenvalue weighted by Crippen LogP contribution is 2.13. The van der Waals surface area contributed by atoms with E-state index in [2.05, 4.69) is 55.4 Å². The number of carboxylic acids is 2. The van der Waals surface area contributed by atoms with Crippen molar-refractivity contribution in [2.45, 2.75) is 126 Å². The molecule has 212 valence electrons. The Kier molecular flexibility index (Phi) is 28.5. The molecule has 6 heteroatoms. The van der Waals surface area contributed by atoms with E-state index in [9.17, 15) is 9.59 Å². The normalized spacial score (nSPS) is 11.2. The third kappa shape index (κ3) is 23.0. The Morgan fingerprint density at radius 3 is 0.714 bits per heavy atom. The van der Waals surface area contributed by atoms with Crippen molar-refractivity contribution in [3.05, 3.63) is 0 Å². The molecule has 6 nitrogen and oxygen atoms in total. The van der Waals surface area contributed by atoms with Gasteiger partial charge in [-0.2, -0.15) is 0 Å². The van der Waals surface area contributed by atoms with Crippen LogP contribution in [0.25, 0.3) is 0 Å². The third-order valence-corrected chi connectivity index (χ3v) is 6.36. The van der Waals surface area contributed by atoms with Crippen LogP contribution >= 0.6 is 0 Å². The summed E-state index contributed by atoms with van der Waals surface area (Å²) in [5.74, 6) is -1.90.